The maximum absolute atomic E-state index is 11.7. The van der Waals surface area contributed by atoms with E-state index >= 15 is 0 Å². The van der Waals surface area contributed by atoms with Gasteiger partial charge in [0.1, 0.15) is 0 Å². The average Bonchev–Trinajstić information content (AvgIpc) is 2.26. The molecule has 0 bridgehead atoms. The highest BCUT2D eigenvalue weighted by atomic mass is 16.3. The van der Waals surface area contributed by atoms with Crippen LogP contribution >= 0.6 is 0 Å². The van der Waals surface area contributed by atoms with Gasteiger partial charge in [0.2, 0.25) is 5.91 Å². The number of rotatable bonds is 4. The van der Waals surface area contributed by atoms with Gasteiger partial charge in [-0.15, -0.1) is 0 Å². The zero-order chi connectivity index (χ0) is 11.3. The second kappa shape index (κ2) is 6.11. The molecule has 15 heavy (non-hydrogen) atoms. The highest BCUT2D eigenvalue weighted by Gasteiger charge is 2.28. The lowest BCUT2D eigenvalue weighted by atomic mass is 9.76. The van der Waals surface area contributed by atoms with Gasteiger partial charge in [0.15, 0.2) is 0 Å². The third-order valence-corrected chi connectivity index (χ3v) is 3.44. The van der Waals surface area contributed by atoms with Crippen LogP contribution in [0.15, 0.2) is 0 Å². The molecule has 0 aromatic carbocycles. The van der Waals surface area contributed by atoms with E-state index in [2.05, 4.69) is 19.2 Å². The molecule has 2 atom stereocenters. The van der Waals surface area contributed by atoms with Crippen LogP contribution < -0.4 is 5.32 Å². The first-order valence-electron chi connectivity index (χ1n) is 6.03. The number of aliphatic hydroxyl groups is 1. The monoisotopic (exact) mass is 213 g/mol. The summed E-state index contributed by atoms with van der Waals surface area (Å²) in [4.78, 5) is 11.7. The molecular weight excluding hydrogens is 190 g/mol. The van der Waals surface area contributed by atoms with Crippen molar-refractivity contribution in [3.63, 3.8) is 0 Å². The van der Waals surface area contributed by atoms with Gasteiger partial charge in [-0.3, -0.25) is 4.79 Å². The van der Waals surface area contributed by atoms with Crippen LogP contribution in [-0.4, -0.2) is 24.2 Å². The van der Waals surface area contributed by atoms with Crippen LogP contribution in [0.5, 0.6) is 0 Å². The minimum absolute atomic E-state index is 0.0338. The molecule has 1 fully saturated rings. The second-order valence-corrected chi connectivity index (χ2v) is 4.88. The van der Waals surface area contributed by atoms with Gasteiger partial charge in [-0.2, -0.15) is 0 Å². The Bertz CT molecular complexity index is 204. The summed E-state index contributed by atoms with van der Waals surface area (Å²) in [5, 5.41) is 11.4. The molecule has 2 unspecified atom stereocenters. The summed E-state index contributed by atoms with van der Waals surface area (Å²) in [6.07, 6.45) is 4.47. The first-order chi connectivity index (χ1) is 7.15. The first-order valence-corrected chi connectivity index (χ1v) is 6.03. The fraction of sp³-hybridized carbons (Fsp3) is 0.917. The maximum atomic E-state index is 11.7. The summed E-state index contributed by atoms with van der Waals surface area (Å²) in [6, 6.07) is 0. The topological polar surface area (TPSA) is 49.3 Å². The van der Waals surface area contributed by atoms with E-state index in [9.17, 15) is 4.79 Å². The van der Waals surface area contributed by atoms with Crippen LogP contribution in [0.1, 0.15) is 39.5 Å². The summed E-state index contributed by atoms with van der Waals surface area (Å²) in [5.41, 5.74) is 0. The van der Waals surface area contributed by atoms with Gasteiger partial charge in [-0.05, 0) is 24.7 Å². The normalized spacial score (nSPS) is 26.7. The molecule has 88 valence electrons. The highest BCUT2D eigenvalue weighted by molar-refractivity contribution is 5.78. The van der Waals surface area contributed by atoms with Gasteiger partial charge in [0.25, 0.3) is 0 Å². The number of carbonyl (C=O) groups excluding carboxylic acids is 1. The summed E-state index contributed by atoms with van der Waals surface area (Å²) in [7, 11) is 0. The fourth-order valence-corrected chi connectivity index (χ4v) is 2.39. The molecule has 0 aromatic rings. The van der Waals surface area contributed by atoms with E-state index in [1.165, 1.54) is 12.8 Å². The summed E-state index contributed by atoms with van der Waals surface area (Å²) in [5.74, 6) is 1.69. The molecule has 0 aromatic heterocycles. The summed E-state index contributed by atoms with van der Waals surface area (Å²) >= 11 is 0. The third-order valence-electron chi connectivity index (χ3n) is 3.44. The molecule has 1 aliphatic carbocycles. The SMILES string of the molecule is CC(C)C1CCCC(C(=O)NCCO)C1. The Morgan fingerprint density at radius 1 is 1.47 bits per heavy atom. The van der Waals surface area contributed by atoms with Crippen molar-refractivity contribution in [1.29, 1.82) is 0 Å². The third kappa shape index (κ3) is 3.82. The molecule has 0 spiro atoms. The fourth-order valence-electron chi connectivity index (χ4n) is 2.39. The summed E-state index contributed by atoms with van der Waals surface area (Å²) in [6.45, 7) is 4.89. The molecule has 0 heterocycles. The quantitative estimate of drug-likeness (QED) is 0.744. The van der Waals surface area contributed by atoms with Crippen LogP contribution in [0.3, 0.4) is 0 Å². The van der Waals surface area contributed by atoms with Gasteiger partial charge < -0.3 is 10.4 Å². The summed E-state index contributed by atoms with van der Waals surface area (Å²) < 4.78 is 0. The zero-order valence-corrected chi connectivity index (χ0v) is 9.83. The highest BCUT2D eigenvalue weighted by Crippen LogP contribution is 2.33. The number of hydrogen-bond acceptors (Lipinski definition) is 2. The number of nitrogens with one attached hydrogen (secondary N) is 1. The Morgan fingerprint density at radius 2 is 2.20 bits per heavy atom. The van der Waals surface area contributed by atoms with E-state index in [1.54, 1.807) is 0 Å². The molecule has 1 aliphatic rings. The maximum Gasteiger partial charge on any atom is 0.223 e. The van der Waals surface area contributed by atoms with E-state index in [1.807, 2.05) is 0 Å². The Kier molecular flexibility index (Phi) is 5.09. The first kappa shape index (κ1) is 12.5. The van der Waals surface area contributed by atoms with Gasteiger partial charge in [-0.1, -0.05) is 26.7 Å². The minimum atomic E-state index is 0.0338. The molecule has 3 heteroatoms. The molecule has 3 nitrogen and oxygen atoms in total. The van der Waals surface area contributed by atoms with Crippen LogP contribution in [0.2, 0.25) is 0 Å². The van der Waals surface area contributed by atoms with Gasteiger partial charge in [0, 0.05) is 12.5 Å². The smallest absolute Gasteiger partial charge is 0.223 e. The van der Waals surface area contributed by atoms with Crippen molar-refractivity contribution >= 4 is 5.91 Å². The number of amides is 1. The molecular formula is C12H23NO2. The van der Waals surface area contributed by atoms with Crippen molar-refractivity contribution < 1.29 is 9.90 Å². The standard InChI is InChI=1S/C12H23NO2/c1-9(2)10-4-3-5-11(8-10)12(15)13-6-7-14/h9-11,14H,3-8H2,1-2H3,(H,13,15). The van der Waals surface area contributed by atoms with Crippen molar-refractivity contribution in [1.82, 2.24) is 5.32 Å². The molecule has 1 amide bonds. The molecule has 1 saturated carbocycles. The van der Waals surface area contributed by atoms with Crippen molar-refractivity contribution in [3.8, 4) is 0 Å². The average molecular weight is 213 g/mol. The van der Waals surface area contributed by atoms with E-state index in [4.69, 9.17) is 5.11 Å². The van der Waals surface area contributed by atoms with E-state index in [-0.39, 0.29) is 18.4 Å². The van der Waals surface area contributed by atoms with E-state index in [0.717, 1.165) is 12.8 Å². The molecule has 0 saturated heterocycles. The lowest BCUT2D eigenvalue weighted by Gasteiger charge is -2.30. The van der Waals surface area contributed by atoms with Gasteiger partial charge >= 0.3 is 0 Å². The predicted octanol–water partition coefficient (Wildman–Crippen LogP) is 1.56. The molecule has 0 radical (unpaired) electrons. The Labute approximate surface area is 92.3 Å². The van der Waals surface area contributed by atoms with E-state index in [0.29, 0.717) is 18.4 Å². The largest absolute Gasteiger partial charge is 0.395 e. The number of aliphatic hydroxyl groups excluding tert-OH is 1. The van der Waals surface area contributed by atoms with Crippen molar-refractivity contribution in [2.75, 3.05) is 13.2 Å². The Balaban J connectivity index is 2.38. The minimum Gasteiger partial charge on any atom is -0.395 e. The van der Waals surface area contributed by atoms with E-state index < -0.39 is 0 Å². The lowest BCUT2D eigenvalue weighted by molar-refractivity contribution is -0.126. The number of hydrogen-bond donors (Lipinski definition) is 2. The second-order valence-electron chi connectivity index (χ2n) is 4.88. The van der Waals surface area contributed by atoms with Crippen LogP contribution in [0.25, 0.3) is 0 Å². The Morgan fingerprint density at radius 3 is 2.80 bits per heavy atom. The van der Waals surface area contributed by atoms with Crippen LogP contribution in [0.4, 0.5) is 0 Å². The molecule has 1 rings (SSSR count). The lowest BCUT2D eigenvalue weighted by Crippen LogP contribution is -2.36. The van der Waals surface area contributed by atoms with Crippen LogP contribution in [0, 0.1) is 17.8 Å². The van der Waals surface area contributed by atoms with Gasteiger partial charge in [-0.25, -0.2) is 0 Å². The molecule has 0 aliphatic heterocycles. The van der Waals surface area contributed by atoms with Crippen LogP contribution in [-0.2, 0) is 4.79 Å². The Hall–Kier alpha value is -0.570. The predicted molar refractivity (Wildman–Crippen MR) is 60.4 cm³/mol. The van der Waals surface area contributed by atoms with Crippen molar-refractivity contribution in [2.24, 2.45) is 17.8 Å². The number of carbonyl (C=O) groups is 1. The molecule has 2 N–H and O–H groups in total. The van der Waals surface area contributed by atoms with Crippen molar-refractivity contribution in [3.05, 3.63) is 0 Å². The van der Waals surface area contributed by atoms with Gasteiger partial charge in [0.05, 0.1) is 6.61 Å². The zero-order valence-electron chi connectivity index (χ0n) is 9.83. The van der Waals surface area contributed by atoms with Crippen molar-refractivity contribution in [2.45, 2.75) is 39.5 Å².